The largest absolute Gasteiger partial charge is 0.462 e. The van der Waals surface area contributed by atoms with Gasteiger partial charge >= 0.3 is 5.97 Å². The van der Waals surface area contributed by atoms with E-state index in [-0.39, 0.29) is 5.56 Å². The average Bonchev–Trinajstić information content (AvgIpc) is 3.12. The molecule has 1 heterocycles. The molecule has 0 radical (unpaired) electrons. The van der Waals surface area contributed by atoms with E-state index in [1.807, 2.05) is 6.07 Å². The lowest BCUT2D eigenvalue weighted by atomic mass is 10.1. The second-order valence-corrected chi connectivity index (χ2v) is 3.76. The highest BCUT2D eigenvalue weighted by molar-refractivity contribution is 5.91. The van der Waals surface area contributed by atoms with Gasteiger partial charge in [0.25, 0.3) is 0 Å². The van der Waals surface area contributed by atoms with Gasteiger partial charge in [-0.2, -0.15) is 5.26 Å². The van der Waals surface area contributed by atoms with E-state index in [2.05, 4.69) is 4.98 Å². The third kappa shape index (κ3) is 2.03. The second-order valence-electron chi connectivity index (χ2n) is 3.76. The van der Waals surface area contributed by atoms with E-state index in [0.29, 0.717) is 18.1 Å². The maximum atomic E-state index is 11.5. The molecule has 0 saturated heterocycles. The smallest absolute Gasteiger partial charge is 0.341 e. The number of nitriles is 1. The highest BCUT2D eigenvalue weighted by atomic mass is 16.5. The Morgan fingerprint density at radius 2 is 2.44 bits per heavy atom. The maximum absolute atomic E-state index is 11.5. The molecular weight excluding hydrogens is 204 g/mol. The van der Waals surface area contributed by atoms with Crippen LogP contribution in [0.1, 0.15) is 47.3 Å². The van der Waals surface area contributed by atoms with Crippen LogP contribution in [0.4, 0.5) is 0 Å². The van der Waals surface area contributed by atoms with Crippen molar-refractivity contribution in [1.82, 2.24) is 4.98 Å². The molecule has 1 aromatic rings. The summed E-state index contributed by atoms with van der Waals surface area (Å²) in [6, 6.07) is 3.72. The highest BCUT2D eigenvalue weighted by Crippen LogP contribution is 2.39. The minimum absolute atomic E-state index is 0.258. The van der Waals surface area contributed by atoms with Gasteiger partial charge in [-0.3, -0.25) is 4.98 Å². The average molecular weight is 216 g/mol. The van der Waals surface area contributed by atoms with Crippen molar-refractivity contribution in [3.63, 3.8) is 0 Å². The van der Waals surface area contributed by atoms with Crippen LogP contribution in [-0.4, -0.2) is 17.6 Å². The van der Waals surface area contributed by atoms with Crippen molar-refractivity contribution in [2.24, 2.45) is 0 Å². The van der Waals surface area contributed by atoms with E-state index >= 15 is 0 Å². The fourth-order valence-electron chi connectivity index (χ4n) is 1.54. The Bertz CT molecular complexity index is 459. The molecule has 4 heteroatoms. The lowest BCUT2D eigenvalue weighted by molar-refractivity contribution is 0.0525. The zero-order valence-corrected chi connectivity index (χ0v) is 9.06. The number of hydrogen-bond acceptors (Lipinski definition) is 4. The first kappa shape index (κ1) is 10.6. The van der Waals surface area contributed by atoms with Crippen molar-refractivity contribution in [2.75, 3.05) is 6.61 Å². The van der Waals surface area contributed by atoms with E-state index in [4.69, 9.17) is 10.00 Å². The molecule has 16 heavy (non-hydrogen) atoms. The third-order valence-electron chi connectivity index (χ3n) is 2.54. The van der Waals surface area contributed by atoms with Gasteiger partial charge in [-0.15, -0.1) is 0 Å². The van der Waals surface area contributed by atoms with Crippen LogP contribution in [0.5, 0.6) is 0 Å². The molecule has 0 atom stereocenters. The number of rotatable bonds is 3. The van der Waals surface area contributed by atoms with E-state index in [1.54, 1.807) is 13.0 Å². The summed E-state index contributed by atoms with van der Waals surface area (Å²) in [5.74, 6) is -0.00255. The number of carbonyl (C=O) groups is 1. The Labute approximate surface area is 93.9 Å². The molecule has 0 bridgehead atoms. The van der Waals surface area contributed by atoms with Crippen LogP contribution in [0.3, 0.4) is 0 Å². The second kappa shape index (κ2) is 4.31. The summed E-state index contributed by atoms with van der Waals surface area (Å²) in [6.07, 6.45) is 3.69. The normalized spacial score (nSPS) is 14.2. The van der Waals surface area contributed by atoms with Gasteiger partial charge in [-0.1, -0.05) is 0 Å². The molecule has 0 spiro atoms. The van der Waals surface area contributed by atoms with Crippen molar-refractivity contribution < 1.29 is 9.53 Å². The molecule has 1 aliphatic rings. The van der Waals surface area contributed by atoms with Gasteiger partial charge in [0, 0.05) is 17.8 Å². The fraction of sp³-hybridized carbons (Fsp3) is 0.417. The monoisotopic (exact) mass is 216 g/mol. The van der Waals surface area contributed by atoms with Crippen molar-refractivity contribution in [1.29, 1.82) is 5.26 Å². The minimum atomic E-state index is -0.478. The van der Waals surface area contributed by atoms with Crippen molar-refractivity contribution in [3.8, 4) is 6.07 Å². The highest BCUT2D eigenvalue weighted by Gasteiger charge is 2.26. The van der Waals surface area contributed by atoms with Gasteiger partial charge in [0.2, 0.25) is 0 Å². The number of pyridine rings is 1. The van der Waals surface area contributed by atoms with Crippen LogP contribution in [-0.2, 0) is 4.74 Å². The van der Waals surface area contributed by atoms with Crippen molar-refractivity contribution in [3.05, 3.63) is 29.1 Å². The fourth-order valence-corrected chi connectivity index (χ4v) is 1.54. The van der Waals surface area contributed by atoms with E-state index in [1.165, 1.54) is 6.20 Å². The van der Waals surface area contributed by atoms with Gasteiger partial charge in [-0.05, 0) is 25.8 Å². The molecule has 1 aromatic heterocycles. The number of aromatic nitrogens is 1. The molecule has 0 aromatic carbocycles. The molecule has 82 valence electrons. The topological polar surface area (TPSA) is 63.0 Å². The van der Waals surface area contributed by atoms with Gasteiger partial charge in [-0.25, -0.2) is 4.79 Å². The summed E-state index contributed by atoms with van der Waals surface area (Å²) >= 11 is 0. The van der Waals surface area contributed by atoms with Crippen molar-refractivity contribution in [2.45, 2.75) is 25.7 Å². The summed E-state index contributed by atoms with van der Waals surface area (Å²) in [7, 11) is 0. The molecule has 0 unspecified atom stereocenters. The molecule has 0 aliphatic heterocycles. The first-order valence-corrected chi connectivity index (χ1v) is 5.33. The molecule has 2 rings (SSSR count). The van der Waals surface area contributed by atoms with Crippen LogP contribution < -0.4 is 0 Å². The lowest BCUT2D eigenvalue weighted by Crippen LogP contribution is -2.08. The van der Waals surface area contributed by atoms with Crippen LogP contribution >= 0.6 is 0 Å². The number of hydrogen-bond donors (Lipinski definition) is 0. The van der Waals surface area contributed by atoms with Crippen LogP contribution in [0.25, 0.3) is 0 Å². The van der Waals surface area contributed by atoms with Gasteiger partial charge < -0.3 is 4.74 Å². The Morgan fingerprint density at radius 1 is 1.69 bits per heavy atom. The summed E-state index contributed by atoms with van der Waals surface area (Å²) < 4.78 is 4.86. The summed E-state index contributed by atoms with van der Waals surface area (Å²) in [4.78, 5) is 15.7. The Hall–Kier alpha value is -1.89. The van der Waals surface area contributed by atoms with E-state index < -0.39 is 5.97 Å². The zero-order chi connectivity index (χ0) is 11.5. The summed E-state index contributed by atoms with van der Waals surface area (Å²) in [5.41, 5.74) is 1.52. The standard InChI is InChI=1S/C12H12N2O2/c1-2-16-12(15)10-7-14-11(8-3-4-8)5-9(10)6-13/h5,7-8H,2-4H2,1H3. The number of nitrogens with zero attached hydrogens (tertiary/aromatic N) is 2. The van der Waals surface area contributed by atoms with Crippen LogP contribution in [0.2, 0.25) is 0 Å². The number of carbonyl (C=O) groups excluding carboxylic acids is 1. The lowest BCUT2D eigenvalue weighted by Gasteiger charge is -2.04. The minimum Gasteiger partial charge on any atom is -0.462 e. The molecule has 4 nitrogen and oxygen atoms in total. The molecule has 1 saturated carbocycles. The quantitative estimate of drug-likeness (QED) is 0.725. The predicted octanol–water partition coefficient (Wildman–Crippen LogP) is 2.01. The predicted molar refractivity (Wildman–Crippen MR) is 56.9 cm³/mol. The maximum Gasteiger partial charge on any atom is 0.341 e. The van der Waals surface area contributed by atoms with Gasteiger partial charge in [0.05, 0.1) is 17.7 Å². The first-order valence-electron chi connectivity index (χ1n) is 5.33. The Balaban J connectivity index is 2.31. The Morgan fingerprint density at radius 3 is 3.00 bits per heavy atom. The molecule has 0 amide bonds. The summed E-state index contributed by atoms with van der Waals surface area (Å²) in [6.45, 7) is 2.03. The zero-order valence-electron chi connectivity index (χ0n) is 9.06. The summed E-state index contributed by atoms with van der Waals surface area (Å²) in [5, 5.41) is 8.98. The molecular formula is C12H12N2O2. The first-order chi connectivity index (χ1) is 7.76. The number of esters is 1. The molecule has 0 N–H and O–H groups in total. The molecule has 1 fully saturated rings. The SMILES string of the molecule is CCOC(=O)c1cnc(C2CC2)cc1C#N. The third-order valence-corrected chi connectivity index (χ3v) is 2.54. The Kier molecular flexibility index (Phi) is 2.86. The van der Waals surface area contributed by atoms with Crippen molar-refractivity contribution >= 4 is 5.97 Å². The van der Waals surface area contributed by atoms with Gasteiger partial charge in [0.15, 0.2) is 0 Å². The van der Waals surface area contributed by atoms with Gasteiger partial charge in [0.1, 0.15) is 6.07 Å². The molecule has 1 aliphatic carbocycles. The van der Waals surface area contributed by atoms with Crippen LogP contribution in [0, 0.1) is 11.3 Å². The van der Waals surface area contributed by atoms with Crippen LogP contribution in [0.15, 0.2) is 12.3 Å². The number of ether oxygens (including phenoxy) is 1. The van der Waals surface area contributed by atoms with E-state index in [0.717, 1.165) is 18.5 Å². The van der Waals surface area contributed by atoms with E-state index in [9.17, 15) is 4.79 Å².